The molecule has 30 rings (SSSR count). The summed E-state index contributed by atoms with van der Waals surface area (Å²) < 4.78 is 16.0. The minimum absolute atomic E-state index is 0.427. The van der Waals surface area contributed by atoms with E-state index in [1.165, 1.54) is 220 Å². The number of nitrogens with zero attached hydrogens (tertiary/aromatic N) is 4. The molecule has 5 heteroatoms. The van der Waals surface area contributed by atoms with Crippen LogP contribution in [-0.2, 0) is 5.41 Å². The maximum absolute atomic E-state index is 6.43. The lowest BCUT2D eigenvalue weighted by atomic mass is 9.67. The molecule has 0 saturated heterocycles. The summed E-state index contributed by atoms with van der Waals surface area (Å²) in [6.45, 7) is 0. The van der Waals surface area contributed by atoms with E-state index in [1.807, 2.05) is 12.1 Å². The molecular weight excluding hydrogens is 1770 g/mol. The van der Waals surface area contributed by atoms with Crippen LogP contribution >= 0.6 is 0 Å². The Balaban J connectivity index is 0.000000106. The van der Waals surface area contributed by atoms with Gasteiger partial charge in [0.25, 0.3) is 0 Å². The Bertz CT molecular complexity index is 10100. The van der Waals surface area contributed by atoms with Gasteiger partial charge >= 0.3 is 0 Å². The van der Waals surface area contributed by atoms with E-state index >= 15 is 0 Å². The first-order valence-corrected chi connectivity index (χ1v) is 50.3. The molecule has 5 nitrogen and oxygen atoms in total. The molecule has 0 fully saturated rings. The van der Waals surface area contributed by atoms with Crippen LogP contribution in [-0.4, -0.2) is 18.3 Å². The Labute approximate surface area is 844 Å². The largest absolute Gasteiger partial charge is 0.455 e. The van der Waals surface area contributed by atoms with E-state index in [1.54, 1.807) is 0 Å². The summed E-state index contributed by atoms with van der Waals surface area (Å²) in [5.74, 6) is 0. The third-order valence-corrected chi connectivity index (χ3v) is 30.4. The number of benzene rings is 24. The molecule has 0 saturated carbocycles. The summed E-state index contributed by atoms with van der Waals surface area (Å²) >= 11 is 0. The first-order valence-electron chi connectivity index (χ1n) is 50.3. The van der Waals surface area contributed by atoms with Gasteiger partial charge in [0.1, 0.15) is 11.2 Å². The minimum atomic E-state index is -0.427. The van der Waals surface area contributed by atoms with E-state index < -0.39 is 5.41 Å². The Morgan fingerprint density at radius 3 is 1.07 bits per heavy atom. The van der Waals surface area contributed by atoms with Crippen molar-refractivity contribution in [3.63, 3.8) is 0 Å². The topological polar surface area (TPSA) is 32.9 Å². The Kier molecular flexibility index (Phi) is 20.5. The van der Waals surface area contributed by atoms with Gasteiger partial charge in [-0.25, -0.2) is 0 Å². The zero-order valence-corrected chi connectivity index (χ0v) is 79.8. The second-order valence-electron chi connectivity index (χ2n) is 38.4. The fourth-order valence-corrected chi connectivity index (χ4v) is 23.9. The van der Waals surface area contributed by atoms with Gasteiger partial charge in [-0.2, -0.15) is 0 Å². The van der Waals surface area contributed by atoms with Gasteiger partial charge in [-0.05, 0) is 261 Å². The summed E-state index contributed by atoms with van der Waals surface area (Å²) in [5, 5.41) is 17.3. The maximum atomic E-state index is 6.43. The zero-order valence-electron chi connectivity index (χ0n) is 79.8. The van der Waals surface area contributed by atoms with Gasteiger partial charge in [-0.15, -0.1) is 0 Å². The fourth-order valence-electron chi connectivity index (χ4n) is 23.9. The van der Waals surface area contributed by atoms with Gasteiger partial charge in [0, 0.05) is 81.9 Å². The molecule has 0 atom stereocenters. The first-order chi connectivity index (χ1) is 72.4. The number of rotatable bonds is 13. The average Bonchev–Trinajstić information content (AvgIpc) is 1.53. The fraction of sp³-hybridized carbons (Fsp3) is 0.00709. The molecular formula is C141H92N4O. The van der Waals surface area contributed by atoms with Gasteiger partial charge in [-0.3, -0.25) is 0 Å². The second-order valence-corrected chi connectivity index (χ2v) is 38.4. The quantitative estimate of drug-likeness (QED) is 0.113. The second kappa shape index (κ2) is 35.2. The van der Waals surface area contributed by atoms with Crippen molar-refractivity contribution in [2.24, 2.45) is 0 Å². The molecule has 146 heavy (non-hydrogen) atoms. The molecule has 5 aromatic heterocycles. The van der Waals surface area contributed by atoms with Crippen molar-refractivity contribution in [1.29, 1.82) is 0 Å². The van der Waals surface area contributed by atoms with Crippen LogP contribution in [0.15, 0.2) is 563 Å². The lowest BCUT2D eigenvalue weighted by molar-refractivity contribution is 0.670. The molecule has 0 spiro atoms. The van der Waals surface area contributed by atoms with Crippen LogP contribution in [0.25, 0.3) is 242 Å². The number of fused-ring (bicyclic) bond motifs is 20. The third-order valence-electron chi connectivity index (χ3n) is 30.4. The molecule has 24 aromatic carbocycles. The van der Waals surface area contributed by atoms with E-state index in [4.69, 9.17) is 4.42 Å². The van der Waals surface area contributed by atoms with Crippen LogP contribution in [0, 0.1) is 0 Å². The Morgan fingerprint density at radius 2 is 0.486 bits per heavy atom. The Hall–Kier alpha value is -19.2. The highest BCUT2D eigenvalue weighted by Crippen LogP contribution is 2.58. The van der Waals surface area contributed by atoms with Crippen LogP contribution in [0.2, 0.25) is 0 Å². The molecule has 0 amide bonds. The Morgan fingerprint density at radius 1 is 0.151 bits per heavy atom. The van der Waals surface area contributed by atoms with E-state index in [-0.39, 0.29) is 0 Å². The molecule has 1 aliphatic carbocycles. The highest BCUT2D eigenvalue weighted by atomic mass is 16.3. The van der Waals surface area contributed by atoms with Crippen molar-refractivity contribution in [2.75, 3.05) is 0 Å². The molecule has 682 valence electrons. The van der Waals surface area contributed by atoms with Gasteiger partial charge in [0.15, 0.2) is 0 Å². The smallest absolute Gasteiger partial charge is 0.143 e. The van der Waals surface area contributed by atoms with Crippen LogP contribution in [0.1, 0.15) is 22.3 Å². The van der Waals surface area contributed by atoms with Crippen LogP contribution in [0.5, 0.6) is 0 Å². The third kappa shape index (κ3) is 14.1. The minimum Gasteiger partial charge on any atom is -0.455 e. The van der Waals surface area contributed by atoms with Gasteiger partial charge < -0.3 is 22.7 Å². The van der Waals surface area contributed by atoms with E-state index in [0.717, 1.165) is 44.4 Å². The molecule has 0 unspecified atom stereocenters. The molecule has 0 aliphatic heterocycles. The van der Waals surface area contributed by atoms with Crippen molar-refractivity contribution in [2.45, 2.75) is 5.41 Å². The van der Waals surface area contributed by atoms with Gasteiger partial charge in [-0.1, -0.05) is 419 Å². The number of aromatic nitrogens is 4. The number of para-hydroxylation sites is 8. The summed E-state index contributed by atoms with van der Waals surface area (Å²) in [6.07, 6.45) is 0. The van der Waals surface area contributed by atoms with Crippen LogP contribution in [0.4, 0.5) is 0 Å². The van der Waals surface area contributed by atoms with Gasteiger partial charge in [0.05, 0.1) is 55.2 Å². The van der Waals surface area contributed by atoms with Crippen molar-refractivity contribution in [3.05, 3.63) is 580 Å². The van der Waals surface area contributed by atoms with Gasteiger partial charge in [0.2, 0.25) is 0 Å². The molecule has 5 heterocycles. The zero-order chi connectivity index (χ0) is 96.3. The average molecular weight is 1860 g/mol. The number of furan rings is 1. The van der Waals surface area contributed by atoms with Crippen molar-refractivity contribution < 1.29 is 4.42 Å². The van der Waals surface area contributed by atoms with Crippen LogP contribution in [0.3, 0.4) is 0 Å². The molecule has 0 N–H and O–H groups in total. The van der Waals surface area contributed by atoms with Crippen molar-refractivity contribution in [1.82, 2.24) is 18.3 Å². The summed E-state index contributed by atoms with van der Waals surface area (Å²) in [4.78, 5) is 0. The maximum Gasteiger partial charge on any atom is 0.143 e. The highest BCUT2D eigenvalue weighted by Gasteiger charge is 2.46. The van der Waals surface area contributed by atoms with E-state index in [0.29, 0.717) is 0 Å². The monoisotopic (exact) mass is 1860 g/mol. The predicted octanol–water partition coefficient (Wildman–Crippen LogP) is 37.7. The predicted molar refractivity (Wildman–Crippen MR) is 614 cm³/mol. The molecule has 1 aliphatic rings. The lowest BCUT2D eigenvalue weighted by Crippen LogP contribution is -2.28. The summed E-state index contributed by atoms with van der Waals surface area (Å²) in [5.41, 5.74) is 40.4. The normalized spacial score (nSPS) is 12.2. The molecule has 0 bridgehead atoms. The molecule has 29 aromatic rings. The number of hydrogen-bond donors (Lipinski definition) is 0. The van der Waals surface area contributed by atoms with E-state index in [9.17, 15) is 0 Å². The SMILES string of the molecule is c1ccc(-c2cc(-c3cccc(-n4c5ccccc5c5cc(-c6ccccc6)ccc54)c3)cc(-c3cccc4ccccc34)c2)cc1.c1ccc(-n2c3ccccc3c3cc(-c4ccc5c(c4)c4ccccc4n5-c4cccc(-c5cccc6c5oc5ccccc56)c4)ccc32)cc1.c1ccc(C2(c3ccccc3)c3ccccc3-c3ccc(-c4ccc(-n5c6ccccc6c6ccccc65)c5ccccc45)cc32)cc1. The van der Waals surface area contributed by atoms with E-state index in [2.05, 4.69) is 564 Å². The van der Waals surface area contributed by atoms with Crippen LogP contribution < -0.4 is 0 Å². The lowest BCUT2D eigenvalue weighted by Gasteiger charge is -2.34. The number of hydrogen-bond acceptors (Lipinski definition) is 1. The summed E-state index contributed by atoms with van der Waals surface area (Å²) in [6, 6.07) is 203. The van der Waals surface area contributed by atoms with Crippen molar-refractivity contribution >= 4 is 131 Å². The standard InChI is InChI=1S/C48H30N2O.C47H31N.C46H31N/c1-2-13-34(14-3-1)49-43-21-7-4-16-37(43)41-29-31(24-26-45(41)49)32-25-27-46-42(30-32)38-17-5-8-22-44(38)50(46)35-15-10-12-33(28-35)36-19-11-20-40-39-18-6-9-23-47(39)51-48(36)40;1-3-15-33(16-4-1)47(34-17-5-2-6-18-34)42-24-12-9-20-37(42)38-28-27-32(31-43(38)47)35-29-30-46(39-21-8-7-19-36(35)39)48-44-25-13-10-22-40(44)41-23-11-14-26-45(41)48;1-3-13-32(14-4-1)36-25-26-46-44(31-36)43-22-9-10-24-45(43)47(46)40-20-11-19-35(30-40)38-27-37(33-15-5-2-6-16-33)28-39(29-38)42-23-12-18-34-17-7-8-21-41(34)42/h1-30H;1-31H;1-31H. The summed E-state index contributed by atoms with van der Waals surface area (Å²) in [7, 11) is 0. The first kappa shape index (κ1) is 84.8. The molecule has 0 radical (unpaired) electrons. The highest BCUT2D eigenvalue weighted by molar-refractivity contribution is 6.17. The van der Waals surface area contributed by atoms with Crippen molar-refractivity contribution in [3.8, 4) is 112 Å².